The fourth-order valence-electron chi connectivity index (χ4n) is 2.81. The SMILES string of the molecule is CCCCCOC(=O)C1=CCC(c2ccc(OC)cc2)CC1. The van der Waals surface area contributed by atoms with Gasteiger partial charge >= 0.3 is 5.97 Å². The molecule has 1 unspecified atom stereocenters. The van der Waals surface area contributed by atoms with Crippen LogP contribution in [0.3, 0.4) is 0 Å². The lowest BCUT2D eigenvalue weighted by Gasteiger charge is -2.21. The van der Waals surface area contributed by atoms with E-state index in [-0.39, 0.29) is 5.97 Å². The summed E-state index contributed by atoms with van der Waals surface area (Å²) in [6, 6.07) is 8.23. The molecule has 0 saturated carbocycles. The van der Waals surface area contributed by atoms with Crippen molar-refractivity contribution in [3.63, 3.8) is 0 Å². The van der Waals surface area contributed by atoms with E-state index in [2.05, 4.69) is 25.1 Å². The zero-order chi connectivity index (χ0) is 15.8. The first kappa shape index (κ1) is 16.6. The van der Waals surface area contributed by atoms with E-state index in [1.807, 2.05) is 12.1 Å². The molecule has 1 aliphatic carbocycles. The van der Waals surface area contributed by atoms with E-state index >= 15 is 0 Å². The monoisotopic (exact) mass is 302 g/mol. The van der Waals surface area contributed by atoms with Crippen LogP contribution in [0.1, 0.15) is 56.9 Å². The summed E-state index contributed by atoms with van der Waals surface area (Å²) in [5.74, 6) is 1.25. The summed E-state index contributed by atoms with van der Waals surface area (Å²) in [5.41, 5.74) is 2.16. The highest BCUT2D eigenvalue weighted by atomic mass is 16.5. The Morgan fingerprint density at radius 1 is 1.23 bits per heavy atom. The summed E-state index contributed by atoms with van der Waals surface area (Å²) in [7, 11) is 1.68. The van der Waals surface area contributed by atoms with Crippen molar-refractivity contribution in [2.75, 3.05) is 13.7 Å². The molecule has 0 aromatic heterocycles. The van der Waals surface area contributed by atoms with Crippen LogP contribution in [0.5, 0.6) is 5.75 Å². The maximum atomic E-state index is 12.0. The van der Waals surface area contributed by atoms with Crippen molar-refractivity contribution in [1.29, 1.82) is 0 Å². The first-order valence-corrected chi connectivity index (χ1v) is 8.24. The summed E-state index contributed by atoms with van der Waals surface area (Å²) in [6.07, 6.45) is 8.00. The molecular weight excluding hydrogens is 276 g/mol. The predicted octanol–water partition coefficient (Wildman–Crippen LogP) is 4.62. The van der Waals surface area contributed by atoms with Gasteiger partial charge in [-0.2, -0.15) is 0 Å². The fraction of sp³-hybridized carbons (Fsp3) is 0.526. The second-order valence-corrected chi connectivity index (χ2v) is 5.82. The minimum absolute atomic E-state index is 0.121. The molecule has 0 amide bonds. The Bertz CT molecular complexity index is 502. The maximum absolute atomic E-state index is 12.0. The number of hydrogen-bond donors (Lipinski definition) is 0. The van der Waals surface area contributed by atoms with Gasteiger partial charge in [0, 0.05) is 5.57 Å². The van der Waals surface area contributed by atoms with Crippen LogP contribution in [0.15, 0.2) is 35.9 Å². The van der Waals surface area contributed by atoms with Crippen LogP contribution in [0, 0.1) is 0 Å². The Morgan fingerprint density at radius 2 is 2.00 bits per heavy atom. The Hall–Kier alpha value is -1.77. The van der Waals surface area contributed by atoms with Gasteiger partial charge in [0.15, 0.2) is 0 Å². The van der Waals surface area contributed by atoms with Gasteiger partial charge in [-0.1, -0.05) is 38.0 Å². The number of unbranched alkanes of at least 4 members (excludes halogenated alkanes) is 2. The molecule has 1 aromatic carbocycles. The smallest absolute Gasteiger partial charge is 0.333 e. The van der Waals surface area contributed by atoms with Gasteiger partial charge in [0.1, 0.15) is 5.75 Å². The average Bonchev–Trinajstić information content (AvgIpc) is 2.59. The molecule has 22 heavy (non-hydrogen) atoms. The molecule has 1 aliphatic rings. The van der Waals surface area contributed by atoms with Crippen LogP contribution in [-0.4, -0.2) is 19.7 Å². The first-order valence-electron chi connectivity index (χ1n) is 8.24. The third kappa shape index (κ3) is 4.62. The van der Waals surface area contributed by atoms with Crippen LogP contribution < -0.4 is 4.74 Å². The fourth-order valence-corrected chi connectivity index (χ4v) is 2.81. The lowest BCUT2D eigenvalue weighted by molar-refractivity contribution is -0.139. The Labute approximate surface area is 133 Å². The summed E-state index contributed by atoms with van der Waals surface area (Å²) in [6.45, 7) is 2.69. The number of hydrogen-bond acceptors (Lipinski definition) is 3. The molecule has 0 saturated heterocycles. The zero-order valence-electron chi connectivity index (χ0n) is 13.6. The molecule has 2 rings (SSSR count). The molecule has 0 spiro atoms. The van der Waals surface area contributed by atoms with E-state index in [0.29, 0.717) is 12.5 Å². The van der Waals surface area contributed by atoms with E-state index in [1.165, 1.54) is 5.56 Å². The first-order chi connectivity index (χ1) is 10.7. The van der Waals surface area contributed by atoms with Crippen molar-refractivity contribution < 1.29 is 14.3 Å². The normalized spacial score (nSPS) is 17.7. The summed E-state index contributed by atoms with van der Waals surface area (Å²) in [5, 5.41) is 0. The van der Waals surface area contributed by atoms with Crippen molar-refractivity contribution >= 4 is 5.97 Å². The van der Waals surface area contributed by atoms with Gasteiger partial charge in [0.2, 0.25) is 0 Å². The summed E-state index contributed by atoms with van der Waals surface area (Å²) < 4.78 is 10.5. The van der Waals surface area contributed by atoms with Gasteiger partial charge < -0.3 is 9.47 Å². The average molecular weight is 302 g/mol. The summed E-state index contributed by atoms with van der Waals surface area (Å²) >= 11 is 0. The van der Waals surface area contributed by atoms with Crippen LogP contribution in [0.2, 0.25) is 0 Å². The molecule has 0 N–H and O–H groups in total. The van der Waals surface area contributed by atoms with E-state index in [4.69, 9.17) is 9.47 Å². The van der Waals surface area contributed by atoms with Gasteiger partial charge in [-0.15, -0.1) is 0 Å². The molecule has 0 heterocycles. The molecule has 0 fully saturated rings. The molecular formula is C19H26O3. The predicted molar refractivity (Wildman–Crippen MR) is 88.2 cm³/mol. The number of ether oxygens (including phenoxy) is 2. The number of allylic oxidation sites excluding steroid dienone is 1. The summed E-state index contributed by atoms with van der Waals surface area (Å²) in [4.78, 5) is 12.0. The number of methoxy groups -OCH3 is 1. The van der Waals surface area contributed by atoms with Crippen LogP contribution in [0.4, 0.5) is 0 Å². The molecule has 1 aromatic rings. The minimum atomic E-state index is -0.121. The minimum Gasteiger partial charge on any atom is -0.497 e. The van der Waals surface area contributed by atoms with Crippen molar-refractivity contribution in [1.82, 2.24) is 0 Å². The lowest BCUT2D eigenvalue weighted by atomic mass is 9.84. The van der Waals surface area contributed by atoms with Crippen molar-refractivity contribution in [3.05, 3.63) is 41.5 Å². The van der Waals surface area contributed by atoms with Crippen molar-refractivity contribution in [3.8, 4) is 5.75 Å². The van der Waals surface area contributed by atoms with Crippen LogP contribution >= 0.6 is 0 Å². The molecule has 0 aliphatic heterocycles. The number of carbonyl (C=O) groups excluding carboxylic acids is 1. The third-order valence-electron chi connectivity index (χ3n) is 4.24. The number of carbonyl (C=O) groups is 1. The Morgan fingerprint density at radius 3 is 2.59 bits per heavy atom. The number of benzene rings is 1. The third-order valence-corrected chi connectivity index (χ3v) is 4.24. The van der Waals surface area contributed by atoms with E-state index in [1.54, 1.807) is 7.11 Å². The highest BCUT2D eigenvalue weighted by Crippen LogP contribution is 2.33. The second kappa shape index (κ2) is 8.62. The number of rotatable bonds is 7. The van der Waals surface area contributed by atoms with Gasteiger partial charge in [-0.3, -0.25) is 0 Å². The molecule has 3 heteroatoms. The van der Waals surface area contributed by atoms with Crippen molar-refractivity contribution in [2.45, 2.75) is 51.4 Å². The molecule has 0 radical (unpaired) electrons. The van der Waals surface area contributed by atoms with Gasteiger partial charge in [-0.25, -0.2) is 4.79 Å². The standard InChI is InChI=1S/C19H26O3/c1-3-4-5-14-22-19(20)17-8-6-15(7-9-17)16-10-12-18(21-2)13-11-16/h8,10-13,15H,3-7,9,14H2,1-2H3. The maximum Gasteiger partial charge on any atom is 0.333 e. The molecule has 0 bridgehead atoms. The van der Waals surface area contributed by atoms with Crippen LogP contribution in [-0.2, 0) is 9.53 Å². The van der Waals surface area contributed by atoms with E-state index in [9.17, 15) is 4.79 Å². The molecule has 120 valence electrons. The van der Waals surface area contributed by atoms with Crippen molar-refractivity contribution in [2.24, 2.45) is 0 Å². The van der Waals surface area contributed by atoms with Gasteiger partial charge in [-0.05, 0) is 49.3 Å². The lowest BCUT2D eigenvalue weighted by Crippen LogP contribution is -2.14. The topological polar surface area (TPSA) is 35.5 Å². The van der Waals surface area contributed by atoms with Gasteiger partial charge in [0.25, 0.3) is 0 Å². The second-order valence-electron chi connectivity index (χ2n) is 5.82. The highest BCUT2D eigenvalue weighted by molar-refractivity contribution is 5.88. The zero-order valence-corrected chi connectivity index (χ0v) is 13.6. The quantitative estimate of drug-likeness (QED) is 0.544. The van der Waals surface area contributed by atoms with Crippen LogP contribution in [0.25, 0.3) is 0 Å². The van der Waals surface area contributed by atoms with E-state index < -0.39 is 0 Å². The van der Waals surface area contributed by atoms with E-state index in [0.717, 1.165) is 49.8 Å². The molecule has 1 atom stereocenters. The Kier molecular flexibility index (Phi) is 6.50. The number of esters is 1. The highest BCUT2D eigenvalue weighted by Gasteiger charge is 2.20. The Balaban J connectivity index is 1.84. The largest absolute Gasteiger partial charge is 0.497 e. The molecule has 3 nitrogen and oxygen atoms in total. The van der Waals surface area contributed by atoms with Gasteiger partial charge in [0.05, 0.1) is 13.7 Å².